The van der Waals surface area contributed by atoms with E-state index in [1.54, 1.807) is 0 Å². The van der Waals surface area contributed by atoms with Gasteiger partial charge in [-0.1, -0.05) is 32.6 Å². The molecule has 4 N–H and O–H groups in total. The number of amides is 3. The molecule has 1 unspecified atom stereocenters. The Morgan fingerprint density at radius 2 is 1.67 bits per heavy atom. The van der Waals surface area contributed by atoms with Crippen LogP contribution in [0, 0.1) is 0 Å². The normalized spacial score (nSPS) is 12.8. The minimum absolute atomic E-state index is 0.277. The van der Waals surface area contributed by atoms with Gasteiger partial charge in [-0.2, -0.15) is 0 Å². The number of methoxy groups -OCH3 is 1. The van der Waals surface area contributed by atoms with Gasteiger partial charge in [0, 0.05) is 6.42 Å². The Labute approximate surface area is 142 Å². The van der Waals surface area contributed by atoms with Crippen LogP contribution in [0.25, 0.3) is 0 Å². The quantitative estimate of drug-likeness (QED) is 0.349. The van der Waals surface area contributed by atoms with E-state index < -0.39 is 29.9 Å². The molecule has 0 fully saturated rings. The molecule has 0 aromatic heterocycles. The zero-order valence-electron chi connectivity index (χ0n) is 14.7. The standard InChI is InChI=1S/C16H29N3O5/c1-4-5-6-7-8-9-14(21)19-12(10-13(17)20)15(22)18-11(2)16(23)24-3/h11-12H,4-10H2,1-3H3,(H2,17,20)(H,18,22)(H,19,21)/t11?,12-/m0/s1. The van der Waals surface area contributed by atoms with Gasteiger partial charge in [-0.3, -0.25) is 14.4 Å². The summed E-state index contributed by atoms with van der Waals surface area (Å²) in [6.07, 6.45) is 4.90. The summed E-state index contributed by atoms with van der Waals surface area (Å²) in [6.45, 7) is 3.55. The predicted octanol–water partition coefficient (Wildman–Crippen LogP) is 0.385. The first-order valence-electron chi connectivity index (χ1n) is 8.27. The Balaban J connectivity index is 4.48. The number of rotatable bonds is 12. The molecule has 0 saturated carbocycles. The van der Waals surface area contributed by atoms with E-state index in [1.165, 1.54) is 14.0 Å². The van der Waals surface area contributed by atoms with Crippen molar-refractivity contribution in [1.29, 1.82) is 0 Å². The van der Waals surface area contributed by atoms with Gasteiger partial charge < -0.3 is 21.1 Å². The number of esters is 1. The van der Waals surface area contributed by atoms with Crippen LogP contribution in [0.3, 0.4) is 0 Å². The Kier molecular flexibility index (Phi) is 11.2. The molecular formula is C16H29N3O5. The van der Waals surface area contributed by atoms with Crippen molar-refractivity contribution in [1.82, 2.24) is 10.6 Å². The molecule has 0 radical (unpaired) electrons. The van der Waals surface area contributed by atoms with Gasteiger partial charge in [-0.15, -0.1) is 0 Å². The van der Waals surface area contributed by atoms with E-state index in [0.717, 1.165) is 32.1 Å². The summed E-state index contributed by atoms with van der Waals surface area (Å²) >= 11 is 0. The van der Waals surface area contributed by atoms with Gasteiger partial charge in [0.25, 0.3) is 0 Å². The average Bonchev–Trinajstić information content (AvgIpc) is 2.52. The summed E-state index contributed by atoms with van der Waals surface area (Å²) in [5.41, 5.74) is 5.12. The van der Waals surface area contributed by atoms with Gasteiger partial charge in [0.05, 0.1) is 13.5 Å². The molecule has 0 aliphatic carbocycles. The molecule has 8 nitrogen and oxygen atoms in total. The second-order valence-electron chi connectivity index (χ2n) is 5.71. The fourth-order valence-electron chi connectivity index (χ4n) is 2.12. The third kappa shape index (κ3) is 9.81. The Hall–Kier alpha value is -2.12. The lowest BCUT2D eigenvalue weighted by Gasteiger charge is -2.19. The maximum absolute atomic E-state index is 12.1. The van der Waals surface area contributed by atoms with E-state index in [2.05, 4.69) is 22.3 Å². The van der Waals surface area contributed by atoms with Crippen LogP contribution in [-0.2, 0) is 23.9 Å². The lowest BCUT2D eigenvalue weighted by Crippen LogP contribution is -2.52. The van der Waals surface area contributed by atoms with Gasteiger partial charge in [0.1, 0.15) is 12.1 Å². The second kappa shape index (κ2) is 12.3. The topological polar surface area (TPSA) is 128 Å². The molecule has 0 aliphatic heterocycles. The molecule has 0 aromatic rings. The molecule has 8 heteroatoms. The molecule has 0 aromatic carbocycles. The number of unbranched alkanes of at least 4 members (excludes halogenated alkanes) is 4. The Morgan fingerprint density at radius 3 is 2.21 bits per heavy atom. The van der Waals surface area contributed by atoms with Crippen molar-refractivity contribution in [2.75, 3.05) is 7.11 Å². The van der Waals surface area contributed by atoms with Crippen molar-refractivity contribution in [2.24, 2.45) is 5.73 Å². The molecule has 0 bridgehead atoms. The Morgan fingerprint density at radius 1 is 1.04 bits per heavy atom. The number of hydrogen-bond acceptors (Lipinski definition) is 5. The number of hydrogen-bond donors (Lipinski definition) is 3. The summed E-state index contributed by atoms with van der Waals surface area (Å²) in [6, 6.07) is -1.98. The molecule has 0 saturated heterocycles. The van der Waals surface area contributed by atoms with Crippen molar-refractivity contribution in [3.8, 4) is 0 Å². The van der Waals surface area contributed by atoms with Gasteiger partial charge >= 0.3 is 5.97 Å². The van der Waals surface area contributed by atoms with Gasteiger partial charge in [-0.25, -0.2) is 4.79 Å². The maximum atomic E-state index is 12.1. The molecule has 138 valence electrons. The lowest BCUT2D eigenvalue weighted by molar-refractivity contribution is -0.144. The number of nitrogens with two attached hydrogens (primary N) is 1. The second-order valence-corrected chi connectivity index (χ2v) is 5.71. The third-order valence-corrected chi connectivity index (χ3v) is 3.48. The SMILES string of the molecule is CCCCCCCC(=O)N[C@@H](CC(N)=O)C(=O)NC(C)C(=O)OC. The fraction of sp³-hybridized carbons (Fsp3) is 0.750. The van der Waals surface area contributed by atoms with E-state index in [0.29, 0.717) is 0 Å². The molecule has 0 heterocycles. The van der Waals surface area contributed by atoms with Crippen molar-refractivity contribution in [2.45, 2.75) is 70.9 Å². The fourth-order valence-corrected chi connectivity index (χ4v) is 2.12. The first-order chi connectivity index (χ1) is 11.3. The highest BCUT2D eigenvalue weighted by Gasteiger charge is 2.26. The molecule has 0 rings (SSSR count). The third-order valence-electron chi connectivity index (χ3n) is 3.48. The lowest BCUT2D eigenvalue weighted by atomic mass is 10.1. The highest BCUT2D eigenvalue weighted by atomic mass is 16.5. The predicted molar refractivity (Wildman–Crippen MR) is 88.7 cm³/mol. The number of carbonyl (C=O) groups excluding carboxylic acids is 4. The first kappa shape index (κ1) is 21.9. The highest BCUT2D eigenvalue weighted by molar-refractivity contribution is 5.93. The summed E-state index contributed by atoms with van der Waals surface area (Å²) in [5, 5.41) is 4.89. The summed E-state index contributed by atoms with van der Waals surface area (Å²) in [7, 11) is 1.20. The largest absolute Gasteiger partial charge is 0.467 e. The number of nitrogens with one attached hydrogen (secondary N) is 2. The maximum Gasteiger partial charge on any atom is 0.328 e. The van der Waals surface area contributed by atoms with Crippen molar-refractivity contribution < 1.29 is 23.9 Å². The zero-order chi connectivity index (χ0) is 18.5. The molecule has 3 amide bonds. The Bertz CT molecular complexity index is 439. The van der Waals surface area contributed by atoms with Crippen molar-refractivity contribution in [3.63, 3.8) is 0 Å². The van der Waals surface area contributed by atoms with Crippen molar-refractivity contribution >= 4 is 23.7 Å². The van der Waals surface area contributed by atoms with Crippen LogP contribution in [0.5, 0.6) is 0 Å². The van der Waals surface area contributed by atoms with Crippen LogP contribution in [0.1, 0.15) is 58.8 Å². The summed E-state index contributed by atoms with van der Waals surface area (Å²) in [5.74, 6) is -2.31. The van der Waals surface area contributed by atoms with Crippen LogP contribution < -0.4 is 16.4 Å². The summed E-state index contributed by atoms with van der Waals surface area (Å²) < 4.78 is 4.51. The number of carbonyl (C=O) groups is 4. The first-order valence-corrected chi connectivity index (χ1v) is 8.27. The highest BCUT2D eigenvalue weighted by Crippen LogP contribution is 2.05. The van der Waals surface area contributed by atoms with Crippen LogP contribution in [0.15, 0.2) is 0 Å². The minimum Gasteiger partial charge on any atom is -0.467 e. The van der Waals surface area contributed by atoms with Gasteiger partial charge in [0.2, 0.25) is 17.7 Å². The number of primary amides is 1. The van der Waals surface area contributed by atoms with Gasteiger partial charge in [-0.05, 0) is 13.3 Å². The van der Waals surface area contributed by atoms with Crippen LogP contribution >= 0.6 is 0 Å². The average molecular weight is 343 g/mol. The molecule has 24 heavy (non-hydrogen) atoms. The molecule has 2 atom stereocenters. The van der Waals surface area contributed by atoms with E-state index in [-0.39, 0.29) is 18.7 Å². The van der Waals surface area contributed by atoms with Gasteiger partial charge in [0.15, 0.2) is 0 Å². The molecule has 0 spiro atoms. The van der Waals surface area contributed by atoms with Crippen LogP contribution in [0.2, 0.25) is 0 Å². The van der Waals surface area contributed by atoms with E-state index in [1.807, 2.05) is 0 Å². The van der Waals surface area contributed by atoms with E-state index >= 15 is 0 Å². The van der Waals surface area contributed by atoms with E-state index in [9.17, 15) is 19.2 Å². The zero-order valence-corrected chi connectivity index (χ0v) is 14.7. The minimum atomic E-state index is -1.10. The van der Waals surface area contributed by atoms with E-state index in [4.69, 9.17) is 5.73 Å². The molecular weight excluding hydrogens is 314 g/mol. The summed E-state index contributed by atoms with van der Waals surface area (Å²) in [4.78, 5) is 46.5. The van der Waals surface area contributed by atoms with Crippen LogP contribution in [0.4, 0.5) is 0 Å². The van der Waals surface area contributed by atoms with Crippen molar-refractivity contribution in [3.05, 3.63) is 0 Å². The smallest absolute Gasteiger partial charge is 0.328 e. The van der Waals surface area contributed by atoms with Crippen LogP contribution in [-0.4, -0.2) is 42.9 Å². The molecule has 0 aliphatic rings. The monoisotopic (exact) mass is 343 g/mol. The number of ether oxygens (including phenoxy) is 1.